The number of aromatic nitrogens is 1. The summed E-state index contributed by atoms with van der Waals surface area (Å²) in [7, 11) is 1.75. The summed E-state index contributed by atoms with van der Waals surface area (Å²) in [6, 6.07) is 22.0. The number of hydrogen-bond acceptors (Lipinski definition) is 3. The van der Waals surface area contributed by atoms with Gasteiger partial charge in [-0.2, -0.15) is 0 Å². The predicted octanol–water partition coefficient (Wildman–Crippen LogP) is 4.15. The molecule has 4 nitrogen and oxygen atoms in total. The molecular weight excluding hydrogens is 288 g/mol. The van der Waals surface area contributed by atoms with Crippen molar-refractivity contribution in [1.82, 2.24) is 4.98 Å². The molecule has 0 saturated heterocycles. The molecule has 3 aromatic rings. The van der Waals surface area contributed by atoms with Crippen molar-refractivity contribution in [3.63, 3.8) is 0 Å². The molecule has 1 aromatic heterocycles. The molecule has 0 spiro atoms. The number of amides is 1. The molecule has 2 aromatic carbocycles. The van der Waals surface area contributed by atoms with Crippen LogP contribution >= 0.6 is 0 Å². The normalized spacial score (nSPS) is 10.1. The number of nitrogens with zero attached hydrogens (tertiary/aromatic N) is 2. The Balaban J connectivity index is 1.80. The third-order valence-electron chi connectivity index (χ3n) is 3.39. The number of carbonyl (C=O) groups excluding carboxylic acids is 1. The summed E-state index contributed by atoms with van der Waals surface area (Å²) in [6.45, 7) is 0. The zero-order valence-electron chi connectivity index (χ0n) is 12.7. The van der Waals surface area contributed by atoms with E-state index in [2.05, 4.69) is 4.98 Å². The van der Waals surface area contributed by atoms with Crippen LogP contribution in [0.5, 0.6) is 11.6 Å². The van der Waals surface area contributed by atoms with Crippen LogP contribution in [0.3, 0.4) is 0 Å². The maximum atomic E-state index is 12.6. The van der Waals surface area contributed by atoms with Crippen molar-refractivity contribution < 1.29 is 9.53 Å². The first-order chi connectivity index (χ1) is 11.2. The van der Waals surface area contributed by atoms with Crippen LogP contribution in [0.25, 0.3) is 0 Å². The number of anilines is 1. The van der Waals surface area contributed by atoms with E-state index in [1.54, 1.807) is 48.5 Å². The number of ether oxygens (including phenoxy) is 1. The van der Waals surface area contributed by atoms with Gasteiger partial charge in [-0.05, 0) is 36.4 Å². The Kier molecular flexibility index (Phi) is 4.34. The van der Waals surface area contributed by atoms with E-state index >= 15 is 0 Å². The predicted molar refractivity (Wildman–Crippen MR) is 89.9 cm³/mol. The summed E-state index contributed by atoms with van der Waals surface area (Å²) in [5, 5.41) is 0. The largest absolute Gasteiger partial charge is 0.439 e. The van der Waals surface area contributed by atoms with E-state index in [4.69, 9.17) is 4.74 Å². The summed E-state index contributed by atoms with van der Waals surface area (Å²) in [6.07, 6.45) is 1.66. The first kappa shape index (κ1) is 14.8. The second-order valence-electron chi connectivity index (χ2n) is 5.00. The lowest BCUT2D eigenvalue weighted by Crippen LogP contribution is -2.26. The highest BCUT2D eigenvalue weighted by Gasteiger charge is 2.14. The van der Waals surface area contributed by atoms with Crippen molar-refractivity contribution in [1.29, 1.82) is 0 Å². The van der Waals surface area contributed by atoms with Gasteiger partial charge in [0.05, 0.1) is 0 Å². The molecule has 0 aliphatic carbocycles. The minimum atomic E-state index is -0.0947. The zero-order valence-corrected chi connectivity index (χ0v) is 12.7. The second kappa shape index (κ2) is 6.75. The number of hydrogen-bond donors (Lipinski definition) is 0. The molecule has 1 amide bonds. The topological polar surface area (TPSA) is 42.4 Å². The molecule has 0 radical (unpaired) electrons. The molecule has 23 heavy (non-hydrogen) atoms. The molecular formula is C19H16N2O2. The van der Waals surface area contributed by atoms with E-state index in [1.165, 1.54) is 0 Å². The summed E-state index contributed by atoms with van der Waals surface area (Å²) in [4.78, 5) is 18.3. The second-order valence-corrected chi connectivity index (χ2v) is 5.00. The number of para-hydroxylation sites is 1. The summed E-state index contributed by atoms with van der Waals surface area (Å²) >= 11 is 0. The molecule has 1 heterocycles. The van der Waals surface area contributed by atoms with Crippen LogP contribution in [0.2, 0.25) is 0 Å². The Hall–Kier alpha value is -3.14. The highest BCUT2D eigenvalue weighted by Crippen LogP contribution is 2.22. The van der Waals surface area contributed by atoms with Crippen molar-refractivity contribution in [2.45, 2.75) is 0 Å². The van der Waals surface area contributed by atoms with Gasteiger partial charge in [0.2, 0.25) is 5.88 Å². The molecule has 0 unspecified atom stereocenters. The zero-order chi connectivity index (χ0) is 16.1. The van der Waals surface area contributed by atoms with Gasteiger partial charge < -0.3 is 9.64 Å². The van der Waals surface area contributed by atoms with Gasteiger partial charge in [-0.25, -0.2) is 4.98 Å². The molecule has 0 aliphatic heterocycles. The van der Waals surface area contributed by atoms with E-state index in [-0.39, 0.29) is 5.91 Å². The molecule has 0 N–H and O–H groups in total. The Morgan fingerprint density at radius 2 is 1.74 bits per heavy atom. The van der Waals surface area contributed by atoms with Gasteiger partial charge >= 0.3 is 0 Å². The van der Waals surface area contributed by atoms with E-state index in [9.17, 15) is 4.79 Å². The fraction of sp³-hybridized carbons (Fsp3) is 0.0526. The Morgan fingerprint density at radius 1 is 0.957 bits per heavy atom. The molecule has 0 fully saturated rings. The molecule has 0 bridgehead atoms. The number of rotatable bonds is 4. The number of carbonyl (C=O) groups is 1. The maximum absolute atomic E-state index is 12.6. The van der Waals surface area contributed by atoms with Gasteiger partial charge in [0, 0.05) is 30.6 Å². The van der Waals surface area contributed by atoms with Crippen molar-refractivity contribution in [2.24, 2.45) is 0 Å². The van der Waals surface area contributed by atoms with E-state index in [0.717, 1.165) is 5.69 Å². The highest BCUT2D eigenvalue weighted by atomic mass is 16.5. The lowest BCUT2D eigenvalue weighted by Gasteiger charge is -2.17. The van der Waals surface area contributed by atoms with Crippen molar-refractivity contribution in [3.05, 3.63) is 84.6 Å². The summed E-state index contributed by atoms with van der Waals surface area (Å²) < 4.78 is 5.67. The summed E-state index contributed by atoms with van der Waals surface area (Å²) in [5.74, 6) is 0.979. The Labute approximate surface area is 135 Å². The van der Waals surface area contributed by atoms with Gasteiger partial charge in [0.15, 0.2) is 0 Å². The van der Waals surface area contributed by atoms with Crippen LogP contribution in [0, 0.1) is 0 Å². The monoisotopic (exact) mass is 304 g/mol. The molecule has 3 rings (SSSR count). The lowest BCUT2D eigenvalue weighted by atomic mass is 10.2. The standard InChI is InChI=1S/C19H16N2O2/c1-21(16-9-3-2-4-10-16)19(22)15-8-7-11-17(14-15)23-18-12-5-6-13-20-18/h2-14H,1H3. The quantitative estimate of drug-likeness (QED) is 0.727. The first-order valence-electron chi connectivity index (χ1n) is 7.26. The van der Waals surface area contributed by atoms with Crippen LogP contribution in [0.15, 0.2) is 79.0 Å². The van der Waals surface area contributed by atoms with Gasteiger partial charge in [0.25, 0.3) is 5.91 Å². The van der Waals surface area contributed by atoms with Crippen LogP contribution in [0.4, 0.5) is 5.69 Å². The lowest BCUT2D eigenvalue weighted by molar-refractivity contribution is 0.0992. The average Bonchev–Trinajstić information content (AvgIpc) is 2.62. The fourth-order valence-corrected chi connectivity index (χ4v) is 2.18. The van der Waals surface area contributed by atoms with Crippen LogP contribution in [0.1, 0.15) is 10.4 Å². The van der Waals surface area contributed by atoms with Crippen LogP contribution in [-0.2, 0) is 0 Å². The van der Waals surface area contributed by atoms with Crippen molar-refractivity contribution in [2.75, 3.05) is 11.9 Å². The minimum Gasteiger partial charge on any atom is -0.439 e. The minimum absolute atomic E-state index is 0.0947. The van der Waals surface area contributed by atoms with Gasteiger partial charge in [-0.1, -0.05) is 30.3 Å². The van der Waals surface area contributed by atoms with Crippen LogP contribution < -0.4 is 9.64 Å². The SMILES string of the molecule is CN(C(=O)c1cccc(Oc2ccccn2)c1)c1ccccc1. The smallest absolute Gasteiger partial charge is 0.258 e. The number of benzene rings is 2. The highest BCUT2D eigenvalue weighted by molar-refractivity contribution is 6.05. The van der Waals surface area contributed by atoms with E-state index < -0.39 is 0 Å². The van der Waals surface area contributed by atoms with Crippen LogP contribution in [-0.4, -0.2) is 17.9 Å². The summed E-state index contributed by atoms with van der Waals surface area (Å²) in [5.41, 5.74) is 1.40. The van der Waals surface area contributed by atoms with Gasteiger partial charge in [-0.3, -0.25) is 4.79 Å². The maximum Gasteiger partial charge on any atom is 0.258 e. The first-order valence-corrected chi connectivity index (χ1v) is 7.26. The van der Waals surface area contributed by atoms with Crippen molar-refractivity contribution >= 4 is 11.6 Å². The number of pyridine rings is 1. The van der Waals surface area contributed by atoms with Crippen molar-refractivity contribution in [3.8, 4) is 11.6 Å². The van der Waals surface area contributed by atoms with Gasteiger partial charge in [0.1, 0.15) is 5.75 Å². The fourth-order valence-electron chi connectivity index (χ4n) is 2.18. The third-order valence-corrected chi connectivity index (χ3v) is 3.39. The molecule has 0 atom stereocenters. The molecule has 0 saturated carbocycles. The van der Waals surface area contributed by atoms with E-state index in [1.807, 2.05) is 42.5 Å². The molecule has 4 heteroatoms. The Morgan fingerprint density at radius 3 is 2.48 bits per heavy atom. The third kappa shape index (κ3) is 3.55. The molecule has 0 aliphatic rings. The average molecular weight is 304 g/mol. The van der Waals surface area contributed by atoms with Gasteiger partial charge in [-0.15, -0.1) is 0 Å². The molecule has 114 valence electrons. The Bertz CT molecular complexity index is 789. The van der Waals surface area contributed by atoms with E-state index in [0.29, 0.717) is 17.2 Å².